The lowest BCUT2D eigenvalue weighted by Crippen LogP contribution is -2.50. The van der Waals surface area contributed by atoms with Gasteiger partial charge in [-0.15, -0.1) is 11.8 Å². The van der Waals surface area contributed by atoms with E-state index in [-0.39, 0.29) is 23.8 Å². The van der Waals surface area contributed by atoms with Crippen LogP contribution in [0.15, 0.2) is 0 Å². The predicted molar refractivity (Wildman–Crippen MR) is 80.0 cm³/mol. The summed E-state index contributed by atoms with van der Waals surface area (Å²) in [5, 5.41) is 0. The molecule has 0 aromatic carbocycles. The van der Waals surface area contributed by atoms with Gasteiger partial charge in [-0.05, 0) is 26.7 Å². The van der Waals surface area contributed by atoms with Crippen LogP contribution in [0.3, 0.4) is 0 Å². The Hall–Kier alpha value is -0.710. The summed E-state index contributed by atoms with van der Waals surface area (Å²) in [5.41, 5.74) is 0. The Morgan fingerprint density at radius 1 is 1.21 bits per heavy atom. The average Bonchev–Trinajstić information content (AvgIpc) is 2.90. The van der Waals surface area contributed by atoms with E-state index in [0.29, 0.717) is 19.0 Å². The maximum Gasteiger partial charge on any atom is 0.246 e. The van der Waals surface area contributed by atoms with Crippen molar-refractivity contribution < 1.29 is 9.59 Å². The van der Waals surface area contributed by atoms with Gasteiger partial charge in [-0.3, -0.25) is 9.59 Å². The molecule has 0 N–H and O–H groups in total. The van der Waals surface area contributed by atoms with Gasteiger partial charge in [0.15, 0.2) is 0 Å². The van der Waals surface area contributed by atoms with Crippen LogP contribution in [0.5, 0.6) is 0 Å². The van der Waals surface area contributed by atoms with Crippen LogP contribution < -0.4 is 0 Å². The van der Waals surface area contributed by atoms with Crippen LogP contribution in [0.1, 0.15) is 40.5 Å². The molecule has 1 heterocycles. The van der Waals surface area contributed by atoms with Gasteiger partial charge in [-0.25, -0.2) is 0 Å². The number of carbonyl (C=O) groups excluding carboxylic acids is 2. The number of hydrogen-bond donors (Lipinski definition) is 0. The number of likely N-dealkylation sites (N-methyl/N-ethyl adjacent to an activating group) is 1. The van der Waals surface area contributed by atoms with Gasteiger partial charge in [0.2, 0.25) is 11.8 Å². The number of nitrogens with zero attached hydrogens (tertiary/aromatic N) is 2. The zero-order valence-electron chi connectivity index (χ0n) is 12.5. The molecule has 2 amide bonds. The fourth-order valence-corrected chi connectivity index (χ4v) is 3.64. The second-order valence-corrected chi connectivity index (χ2v) is 5.85. The molecule has 5 heteroatoms. The maximum absolute atomic E-state index is 12.5. The Bertz CT molecular complexity index is 285. The van der Waals surface area contributed by atoms with Gasteiger partial charge in [0, 0.05) is 24.8 Å². The molecular formula is C14H26N2O2S. The molecule has 0 radical (unpaired) electrons. The lowest BCUT2D eigenvalue weighted by molar-refractivity contribution is -0.145. The topological polar surface area (TPSA) is 40.6 Å². The maximum atomic E-state index is 12.5. The van der Waals surface area contributed by atoms with Gasteiger partial charge in [0.05, 0.1) is 5.88 Å². The highest BCUT2D eigenvalue weighted by molar-refractivity contribution is 7.99. The van der Waals surface area contributed by atoms with Crippen molar-refractivity contribution in [1.29, 1.82) is 0 Å². The van der Waals surface area contributed by atoms with Crippen LogP contribution in [0, 0.1) is 5.92 Å². The molecular weight excluding hydrogens is 260 g/mol. The minimum absolute atomic E-state index is 0.0608. The quantitative estimate of drug-likeness (QED) is 0.751. The molecule has 1 unspecified atom stereocenters. The van der Waals surface area contributed by atoms with Crippen LogP contribution in [0.2, 0.25) is 0 Å². The van der Waals surface area contributed by atoms with Crippen molar-refractivity contribution >= 4 is 23.6 Å². The lowest BCUT2D eigenvalue weighted by atomic mass is 10.0. The standard InChI is InChI=1S/C14H26N2O2S/c1-5-11(6-2)13(17)16-10-19-9-12(16)14(18)15(7-3)8-4/h11-12H,5-10H2,1-4H3. The highest BCUT2D eigenvalue weighted by atomic mass is 32.2. The fourth-order valence-electron chi connectivity index (χ4n) is 2.48. The first-order valence-corrected chi connectivity index (χ1v) is 8.42. The van der Waals surface area contributed by atoms with Gasteiger partial charge in [0.1, 0.15) is 6.04 Å². The summed E-state index contributed by atoms with van der Waals surface area (Å²) in [6, 6.07) is -0.252. The Balaban J connectivity index is 2.78. The average molecular weight is 286 g/mol. The van der Waals surface area contributed by atoms with Gasteiger partial charge in [0.25, 0.3) is 0 Å². The van der Waals surface area contributed by atoms with Crippen molar-refractivity contribution in [1.82, 2.24) is 9.80 Å². The molecule has 0 bridgehead atoms. The van der Waals surface area contributed by atoms with Gasteiger partial charge in [-0.1, -0.05) is 13.8 Å². The van der Waals surface area contributed by atoms with Gasteiger partial charge < -0.3 is 9.80 Å². The Kier molecular flexibility index (Phi) is 6.69. The second-order valence-electron chi connectivity index (χ2n) is 4.85. The van der Waals surface area contributed by atoms with E-state index in [2.05, 4.69) is 0 Å². The summed E-state index contributed by atoms with van der Waals surface area (Å²) in [4.78, 5) is 28.5. The highest BCUT2D eigenvalue weighted by Gasteiger charge is 2.37. The van der Waals surface area contributed by atoms with Crippen LogP contribution >= 0.6 is 11.8 Å². The SMILES string of the molecule is CCC(CC)C(=O)N1CSCC1C(=O)N(CC)CC. The molecule has 0 aromatic heterocycles. The molecule has 1 atom stereocenters. The number of carbonyl (C=O) groups is 2. The van der Waals surface area contributed by atoms with E-state index in [4.69, 9.17) is 0 Å². The highest BCUT2D eigenvalue weighted by Crippen LogP contribution is 2.26. The monoisotopic (exact) mass is 286 g/mol. The molecule has 1 aliphatic rings. The van der Waals surface area contributed by atoms with E-state index < -0.39 is 0 Å². The first-order valence-electron chi connectivity index (χ1n) is 7.27. The summed E-state index contributed by atoms with van der Waals surface area (Å²) >= 11 is 1.68. The number of hydrogen-bond acceptors (Lipinski definition) is 3. The minimum atomic E-state index is -0.252. The zero-order chi connectivity index (χ0) is 14.4. The number of rotatable bonds is 6. The molecule has 1 rings (SSSR count). The summed E-state index contributed by atoms with van der Waals surface area (Å²) < 4.78 is 0. The third kappa shape index (κ3) is 3.65. The molecule has 0 saturated carbocycles. The van der Waals surface area contributed by atoms with E-state index in [1.165, 1.54) is 0 Å². The van der Waals surface area contributed by atoms with E-state index in [9.17, 15) is 9.59 Å². The summed E-state index contributed by atoms with van der Waals surface area (Å²) in [7, 11) is 0. The van der Waals surface area contributed by atoms with Crippen molar-refractivity contribution in [2.45, 2.75) is 46.6 Å². The summed E-state index contributed by atoms with van der Waals surface area (Å²) in [5.74, 6) is 1.72. The van der Waals surface area contributed by atoms with E-state index >= 15 is 0 Å². The van der Waals surface area contributed by atoms with E-state index in [1.54, 1.807) is 16.7 Å². The predicted octanol–water partition coefficient (Wildman–Crippen LogP) is 2.19. The molecule has 1 saturated heterocycles. The molecule has 0 aliphatic carbocycles. The molecule has 0 aromatic rings. The number of thioether (sulfide) groups is 1. The molecule has 1 aliphatic heterocycles. The van der Waals surface area contributed by atoms with Gasteiger partial charge in [-0.2, -0.15) is 0 Å². The third-order valence-electron chi connectivity index (χ3n) is 3.86. The largest absolute Gasteiger partial charge is 0.341 e. The molecule has 19 heavy (non-hydrogen) atoms. The van der Waals surface area contributed by atoms with Crippen LogP contribution in [-0.2, 0) is 9.59 Å². The smallest absolute Gasteiger partial charge is 0.246 e. The van der Waals surface area contributed by atoms with Crippen molar-refractivity contribution in [2.24, 2.45) is 5.92 Å². The Labute approximate surface area is 120 Å². The van der Waals surface area contributed by atoms with E-state index in [1.807, 2.05) is 32.6 Å². The van der Waals surface area contributed by atoms with Gasteiger partial charge >= 0.3 is 0 Å². The Morgan fingerprint density at radius 3 is 2.26 bits per heavy atom. The molecule has 1 fully saturated rings. The molecule has 0 spiro atoms. The lowest BCUT2D eigenvalue weighted by Gasteiger charge is -2.30. The first kappa shape index (κ1) is 16.3. The molecule has 110 valence electrons. The van der Waals surface area contributed by atoms with Crippen molar-refractivity contribution in [3.63, 3.8) is 0 Å². The van der Waals surface area contributed by atoms with Crippen LogP contribution in [-0.4, -0.2) is 52.4 Å². The van der Waals surface area contributed by atoms with Crippen LogP contribution in [0.25, 0.3) is 0 Å². The van der Waals surface area contributed by atoms with Crippen molar-refractivity contribution in [3.05, 3.63) is 0 Å². The first-order chi connectivity index (χ1) is 9.10. The van der Waals surface area contributed by atoms with E-state index in [0.717, 1.165) is 18.6 Å². The fraction of sp³-hybridized carbons (Fsp3) is 0.857. The minimum Gasteiger partial charge on any atom is -0.341 e. The third-order valence-corrected chi connectivity index (χ3v) is 4.87. The summed E-state index contributed by atoms with van der Waals surface area (Å²) in [6.07, 6.45) is 1.70. The van der Waals surface area contributed by atoms with Crippen molar-refractivity contribution in [2.75, 3.05) is 24.7 Å². The van der Waals surface area contributed by atoms with Crippen LogP contribution in [0.4, 0.5) is 0 Å². The second kappa shape index (κ2) is 7.78. The normalized spacial score (nSPS) is 19.0. The Morgan fingerprint density at radius 2 is 1.79 bits per heavy atom. The number of amides is 2. The van der Waals surface area contributed by atoms with Crippen molar-refractivity contribution in [3.8, 4) is 0 Å². The zero-order valence-corrected chi connectivity index (χ0v) is 13.3. The summed E-state index contributed by atoms with van der Waals surface area (Å²) in [6.45, 7) is 9.47. The molecule has 4 nitrogen and oxygen atoms in total.